The first-order chi connectivity index (χ1) is 17.4. The fourth-order valence-electron chi connectivity index (χ4n) is 6.15. The number of benzene rings is 2. The van der Waals surface area contributed by atoms with E-state index in [1.165, 1.54) is 36.9 Å². The van der Waals surface area contributed by atoms with Crippen molar-refractivity contribution in [3.05, 3.63) is 53.9 Å². The van der Waals surface area contributed by atoms with Gasteiger partial charge in [-0.2, -0.15) is 0 Å². The molecule has 2 heterocycles. The Morgan fingerprint density at radius 3 is 2.42 bits per heavy atom. The first-order valence-electron chi connectivity index (χ1n) is 13.5. The van der Waals surface area contributed by atoms with E-state index in [2.05, 4.69) is 78.2 Å². The van der Waals surface area contributed by atoms with Crippen molar-refractivity contribution in [2.75, 3.05) is 62.1 Å². The molecule has 36 heavy (non-hydrogen) atoms. The molecule has 1 saturated carbocycles. The van der Waals surface area contributed by atoms with E-state index in [1.807, 2.05) is 7.05 Å². The molecule has 1 aliphatic carbocycles. The van der Waals surface area contributed by atoms with Crippen molar-refractivity contribution in [3.63, 3.8) is 0 Å². The number of aromatic nitrogens is 2. The van der Waals surface area contributed by atoms with Crippen LogP contribution in [0.1, 0.15) is 62.8 Å². The topological polar surface area (TPSA) is 55.7 Å². The molecular formula is C30H41N5O. The second-order valence-electron chi connectivity index (χ2n) is 11.2. The molecule has 0 unspecified atom stereocenters. The number of para-hydroxylation sites is 1. The molecule has 1 N–H and O–H groups in total. The maximum Gasteiger partial charge on any atom is 0.140 e. The Kier molecular flexibility index (Phi) is 7.07. The Bertz CT molecular complexity index is 1200. The highest BCUT2D eigenvalue weighted by Crippen LogP contribution is 2.42. The SMILES string of the molecule is CN(C)c1ccccc1C1CCN(c2nc(C3(C)CCCC3)nc3ccc(N(C)CCO)cc23)CC1. The summed E-state index contributed by atoms with van der Waals surface area (Å²) < 4.78 is 0. The number of nitrogens with zero attached hydrogens (tertiary/aromatic N) is 5. The standard InChI is InChI=1S/C30H41N5O/c1-30(15-7-8-16-30)29-31-26-12-11-23(34(4)19-20-36)21-25(26)28(32-29)35-17-13-22(14-18-35)24-9-5-6-10-27(24)33(2)3/h5-6,9-12,21-22,36H,7-8,13-20H2,1-4H3. The lowest BCUT2D eigenvalue weighted by atomic mass is 9.87. The quantitative estimate of drug-likeness (QED) is 0.486. The zero-order valence-corrected chi connectivity index (χ0v) is 22.4. The molecule has 0 amide bonds. The largest absolute Gasteiger partial charge is 0.395 e. The molecule has 2 fully saturated rings. The molecule has 1 saturated heterocycles. The Hall–Kier alpha value is -2.86. The van der Waals surface area contributed by atoms with Gasteiger partial charge in [-0.05, 0) is 61.4 Å². The van der Waals surface area contributed by atoms with Gasteiger partial charge in [0.15, 0.2) is 0 Å². The average Bonchev–Trinajstić information content (AvgIpc) is 3.35. The fourth-order valence-corrected chi connectivity index (χ4v) is 6.15. The van der Waals surface area contributed by atoms with Crippen LogP contribution in [0.2, 0.25) is 0 Å². The minimum Gasteiger partial charge on any atom is -0.395 e. The molecule has 5 rings (SSSR count). The Labute approximate surface area is 216 Å². The average molecular weight is 488 g/mol. The van der Waals surface area contributed by atoms with Gasteiger partial charge in [0.05, 0.1) is 12.1 Å². The summed E-state index contributed by atoms with van der Waals surface area (Å²) in [5.41, 5.74) is 4.98. The summed E-state index contributed by atoms with van der Waals surface area (Å²) in [5.74, 6) is 2.66. The monoisotopic (exact) mass is 487 g/mol. The van der Waals surface area contributed by atoms with Crippen molar-refractivity contribution in [2.24, 2.45) is 0 Å². The molecule has 1 aromatic heterocycles. The number of hydrogen-bond donors (Lipinski definition) is 1. The summed E-state index contributed by atoms with van der Waals surface area (Å²) in [6.45, 7) is 5.07. The summed E-state index contributed by atoms with van der Waals surface area (Å²) in [5, 5.41) is 10.6. The maximum atomic E-state index is 9.45. The Morgan fingerprint density at radius 2 is 1.72 bits per heavy atom. The summed E-state index contributed by atoms with van der Waals surface area (Å²) in [6, 6.07) is 15.3. The van der Waals surface area contributed by atoms with E-state index in [0.717, 1.165) is 54.2 Å². The van der Waals surface area contributed by atoms with Gasteiger partial charge in [0, 0.05) is 63.0 Å². The molecule has 6 heteroatoms. The van der Waals surface area contributed by atoms with Crippen LogP contribution in [0.25, 0.3) is 10.9 Å². The third-order valence-electron chi connectivity index (χ3n) is 8.44. The molecule has 0 spiro atoms. The third kappa shape index (κ3) is 4.75. The van der Waals surface area contributed by atoms with Crippen LogP contribution in [-0.2, 0) is 5.41 Å². The van der Waals surface area contributed by atoms with Gasteiger partial charge in [0.25, 0.3) is 0 Å². The zero-order chi connectivity index (χ0) is 25.3. The molecule has 6 nitrogen and oxygen atoms in total. The zero-order valence-electron chi connectivity index (χ0n) is 22.4. The molecule has 2 aromatic carbocycles. The van der Waals surface area contributed by atoms with Crippen molar-refractivity contribution < 1.29 is 5.11 Å². The lowest BCUT2D eigenvalue weighted by Crippen LogP contribution is -2.35. The predicted octanol–water partition coefficient (Wildman–Crippen LogP) is 5.34. The van der Waals surface area contributed by atoms with Crippen LogP contribution < -0.4 is 14.7 Å². The van der Waals surface area contributed by atoms with Crippen molar-refractivity contribution in [3.8, 4) is 0 Å². The van der Waals surface area contributed by atoms with Gasteiger partial charge in [-0.3, -0.25) is 0 Å². The van der Waals surface area contributed by atoms with Gasteiger partial charge in [-0.1, -0.05) is 38.0 Å². The van der Waals surface area contributed by atoms with Crippen LogP contribution in [0.4, 0.5) is 17.2 Å². The van der Waals surface area contributed by atoms with Crippen LogP contribution in [0.3, 0.4) is 0 Å². The number of aliphatic hydroxyl groups is 1. The third-order valence-corrected chi connectivity index (χ3v) is 8.44. The molecule has 0 radical (unpaired) electrons. The Balaban J connectivity index is 1.49. The van der Waals surface area contributed by atoms with E-state index in [1.54, 1.807) is 0 Å². The number of hydrogen-bond acceptors (Lipinski definition) is 6. The minimum atomic E-state index is 0.0677. The van der Waals surface area contributed by atoms with E-state index in [9.17, 15) is 5.11 Å². The number of likely N-dealkylation sites (N-methyl/N-ethyl adjacent to an activating group) is 1. The van der Waals surface area contributed by atoms with Crippen molar-refractivity contribution in [2.45, 2.75) is 56.8 Å². The highest BCUT2D eigenvalue weighted by Gasteiger charge is 2.35. The van der Waals surface area contributed by atoms with Crippen LogP contribution >= 0.6 is 0 Å². The molecule has 192 valence electrons. The second-order valence-corrected chi connectivity index (χ2v) is 11.2. The highest BCUT2D eigenvalue weighted by atomic mass is 16.3. The van der Waals surface area contributed by atoms with Crippen LogP contribution in [0.15, 0.2) is 42.5 Å². The van der Waals surface area contributed by atoms with Gasteiger partial charge in [-0.15, -0.1) is 0 Å². The Morgan fingerprint density at radius 1 is 1.00 bits per heavy atom. The summed E-state index contributed by atoms with van der Waals surface area (Å²) in [4.78, 5) is 17.2. The molecule has 2 aliphatic rings. The molecule has 3 aromatic rings. The summed E-state index contributed by atoms with van der Waals surface area (Å²) in [6.07, 6.45) is 7.08. The van der Waals surface area contributed by atoms with E-state index >= 15 is 0 Å². The first-order valence-corrected chi connectivity index (χ1v) is 13.5. The maximum absolute atomic E-state index is 9.45. The van der Waals surface area contributed by atoms with Crippen LogP contribution in [-0.4, -0.2) is 62.5 Å². The molecule has 0 atom stereocenters. The van der Waals surface area contributed by atoms with Crippen molar-refractivity contribution in [1.29, 1.82) is 0 Å². The number of fused-ring (bicyclic) bond motifs is 1. The van der Waals surface area contributed by atoms with Crippen molar-refractivity contribution >= 4 is 28.1 Å². The molecule has 1 aliphatic heterocycles. The van der Waals surface area contributed by atoms with Gasteiger partial charge in [0.2, 0.25) is 0 Å². The number of rotatable bonds is 7. The van der Waals surface area contributed by atoms with E-state index in [-0.39, 0.29) is 12.0 Å². The van der Waals surface area contributed by atoms with Crippen LogP contribution in [0, 0.1) is 0 Å². The fraction of sp³-hybridized carbons (Fsp3) is 0.533. The summed E-state index contributed by atoms with van der Waals surface area (Å²) >= 11 is 0. The number of aliphatic hydroxyl groups excluding tert-OH is 1. The smallest absolute Gasteiger partial charge is 0.140 e. The predicted molar refractivity (Wildman–Crippen MR) is 151 cm³/mol. The van der Waals surface area contributed by atoms with E-state index < -0.39 is 0 Å². The van der Waals surface area contributed by atoms with Gasteiger partial charge >= 0.3 is 0 Å². The molecule has 0 bridgehead atoms. The second kappa shape index (κ2) is 10.3. The molecular weight excluding hydrogens is 446 g/mol. The summed E-state index contributed by atoms with van der Waals surface area (Å²) in [7, 11) is 6.30. The van der Waals surface area contributed by atoms with Gasteiger partial charge in [-0.25, -0.2) is 9.97 Å². The van der Waals surface area contributed by atoms with Gasteiger partial charge in [0.1, 0.15) is 11.6 Å². The van der Waals surface area contributed by atoms with E-state index in [4.69, 9.17) is 9.97 Å². The number of anilines is 3. The lowest BCUT2D eigenvalue weighted by molar-refractivity contribution is 0.304. The van der Waals surface area contributed by atoms with Crippen LogP contribution in [0.5, 0.6) is 0 Å². The lowest BCUT2D eigenvalue weighted by Gasteiger charge is -2.35. The number of piperidine rings is 1. The van der Waals surface area contributed by atoms with E-state index in [0.29, 0.717) is 12.5 Å². The highest BCUT2D eigenvalue weighted by molar-refractivity contribution is 5.92. The van der Waals surface area contributed by atoms with Crippen molar-refractivity contribution in [1.82, 2.24) is 9.97 Å². The first kappa shape index (κ1) is 24.8. The normalized spacial score (nSPS) is 18.1. The van der Waals surface area contributed by atoms with Gasteiger partial charge < -0.3 is 19.8 Å². The minimum absolute atomic E-state index is 0.0677.